The molecule has 0 spiro atoms. The number of carbonyl (C=O) groups excluding carboxylic acids is 1. The van der Waals surface area contributed by atoms with Gasteiger partial charge in [0.1, 0.15) is 16.3 Å². The number of hydrogen-bond donors (Lipinski definition) is 1. The van der Waals surface area contributed by atoms with Crippen LogP contribution in [0.3, 0.4) is 0 Å². The van der Waals surface area contributed by atoms with E-state index in [-0.39, 0.29) is 12.3 Å². The number of thiazole rings is 1. The van der Waals surface area contributed by atoms with Gasteiger partial charge in [-0.05, 0) is 47.2 Å². The van der Waals surface area contributed by atoms with E-state index in [1.807, 2.05) is 36.4 Å². The van der Waals surface area contributed by atoms with Gasteiger partial charge in [0, 0.05) is 16.5 Å². The number of anilines is 1. The van der Waals surface area contributed by atoms with Crippen molar-refractivity contribution in [3.05, 3.63) is 87.5 Å². The summed E-state index contributed by atoms with van der Waals surface area (Å²) in [5, 5.41) is 8.15. The second-order valence-electron chi connectivity index (χ2n) is 7.23. The normalized spacial score (nSPS) is 11.0. The lowest BCUT2D eigenvalue weighted by atomic mass is 10.0. The Balaban J connectivity index is 1.41. The first kappa shape index (κ1) is 20.0. The van der Waals surface area contributed by atoms with Crippen LogP contribution in [0.4, 0.5) is 5.69 Å². The van der Waals surface area contributed by atoms with E-state index >= 15 is 0 Å². The SMILES string of the molecule is COc1ccc(NC(=O)Cc2nc(-c3cc4c(ccc5ccccc54)oc3=O)cs2)cc1. The lowest BCUT2D eigenvalue weighted by molar-refractivity contribution is -0.115. The first-order valence-electron chi connectivity index (χ1n) is 9.95. The van der Waals surface area contributed by atoms with Crippen molar-refractivity contribution in [3.8, 4) is 17.0 Å². The fourth-order valence-electron chi connectivity index (χ4n) is 3.58. The van der Waals surface area contributed by atoms with Gasteiger partial charge in [-0.25, -0.2) is 9.78 Å². The minimum absolute atomic E-state index is 0.110. The van der Waals surface area contributed by atoms with Crippen LogP contribution in [0.1, 0.15) is 5.01 Å². The molecular weight excluding hydrogens is 424 g/mol. The fourth-order valence-corrected chi connectivity index (χ4v) is 4.38. The van der Waals surface area contributed by atoms with Gasteiger partial charge in [-0.2, -0.15) is 0 Å². The Labute approximate surface area is 187 Å². The van der Waals surface area contributed by atoms with Gasteiger partial charge in [0.15, 0.2) is 0 Å². The third-order valence-corrected chi connectivity index (χ3v) is 6.00. The Morgan fingerprint density at radius 2 is 1.88 bits per heavy atom. The van der Waals surface area contributed by atoms with Gasteiger partial charge < -0.3 is 14.5 Å². The van der Waals surface area contributed by atoms with Gasteiger partial charge in [0.05, 0.1) is 24.8 Å². The Morgan fingerprint density at radius 1 is 1.06 bits per heavy atom. The molecule has 7 heteroatoms. The zero-order valence-corrected chi connectivity index (χ0v) is 17.9. The van der Waals surface area contributed by atoms with E-state index in [1.54, 1.807) is 42.8 Å². The Hall–Kier alpha value is -3.97. The monoisotopic (exact) mass is 442 g/mol. The van der Waals surface area contributed by atoms with Crippen LogP contribution in [0.5, 0.6) is 5.75 Å². The number of nitrogens with zero attached hydrogens (tertiary/aromatic N) is 1. The number of nitrogens with one attached hydrogen (secondary N) is 1. The summed E-state index contributed by atoms with van der Waals surface area (Å²) in [7, 11) is 1.59. The Morgan fingerprint density at radius 3 is 2.69 bits per heavy atom. The Kier molecular flexibility index (Phi) is 5.17. The van der Waals surface area contributed by atoms with Crippen LogP contribution >= 0.6 is 11.3 Å². The molecule has 5 aromatic rings. The van der Waals surface area contributed by atoms with E-state index in [9.17, 15) is 9.59 Å². The van der Waals surface area contributed by atoms with Crippen molar-refractivity contribution < 1.29 is 13.9 Å². The van der Waals surface area contributed by atoms with E-state index in [1.165, 1.54) is 11.3 Å². The van der Waals surface area contributed by atoms with Gasteiger partial charge in [-0.1, -0.05) is 30.3 Å². The predicted molar refractivity (Wildman–Crippen MR) is 126 cm³/mol. The van der Waals surface area contributed by atoms with Crippen LogP contribution in [0.2, 0.25) is 0 Å². The van der Waals surface area contributed by atoms with E-state index in [2.05, 4.69) is 10.3 Å². The molecule has 0 saturated heterocycles. The molecule has 5 rings (SSSR count). The zero-order chi connectivity index (χ0) is 22.1. The third-order valence-electron chi connectivity index (χ3n) is 5.16. The van der Waals surface area contributed by atoms with Crippen molar-refractivity contribution in [2.75, 3.05) is 12.4 Å². The number of benzene rings is 3. The number of amides is 1. The molecule has 0 aliphatic heterocycles. The summed E-state index contributed by atoms with van der Waals surface area (Å²) in [6.45, 7) is 0. The van der Waals surface area contributed by atoms with Crippen LogP contribution in [-0.2, 0) is 11.2 Å². The molecule has 2 heterocycles. The molecule has 0 fully saturated rings. The highest BCUT2D eigenvalue weighted by Gasteiger charge is 2.15. The highest BCUT2D eigenvalue weighted by atomic mass is 32.1. The second-order valence-corrected chi connectivity index (χ2v) is 8.17. The molecular formula is C25H18N2O4S. The minimum Gasteiger partial charge on any atom is -0.497 e. The minimum atomic E-state index is -0.452. The van der Waals surface area contributed by atoms with Gasteiger partial charge >= 0.3 is 5.63 Å². The smallest absolute Gasteiger partial charge is 0.345 e. The summed E-state index contributed by atoms with van der Waals surface area (Å²) in [5.41, 5.74) is 1.64. The molecule has 32 heavy (non-hydrogen) atoms. The van der Waals surface area contributed by atoms with Gasteiger partial charge in [-0.15, -0.1) is 11.3 Å². The molecule has 0 unspecified atom stereocenters. The number of aromatic nitrogens is 1. The van der Waals surface area contributed by atoms with Gasteiger partial charge in [-0.3, -0.25) is 4.79 Å². The average Bonchev–Trinajstić information content (AvgIpc) is 3.27. The maximum Gasteiger partial charge on any atom is 0.345 e. The molecule has 3 aromatic carbocycles. The number of fused-ring (bicyclic) bond motifs is 3. The van der Waals surface area contributed by atoms with Crippen LogP contribution in [-0.4, -0.2) is 18.0 Å². The van der Waals surface area contributed by atoms with Gasteiger partial charge in [0.25, 0.3) is 0 Å². The fraction of sp³-hybridized carbons (Fsp3) is 0.0800. The van der Waals surface area contributed by atoms with E-state index in [0.717, 1.165) is 21.9 Å². The number of methoxy groups -OCH3 is 1. The third kappa shape index (κ3) is 3.86. The zero-order valence-electron chi connectivity index (χ0n) is 17.1. The number of carbonyl (C=O) groups is 1. The number of ether oxygens (including phenoxy) is 1. The molecule has 6 nitrogen and oxygen atoms in total. The second kappa shape index (κ2) is 8.28. The van der Waals surface area contributed by atoms with E-state index in [4.69, 9.17) is 9.15 Å². The topological polar surface area (TPSA) is 81.4 Å². The van der Waals surface area contributed by atoms with E-state index in [0.29, 0.717) is 27.5 Å². The van der Waals surface area contributed by atoms with Crippen molar-refractivity contribution in [3.63, 3.8) is 0 Å². The highest BCUT2D eigenvalue weighted by molar-refractivity contribution is 7.10. The lowest BCUT2D eigenvalue weighted by Gasteiger charge is -2.05. The van der Waals surface area contributed by atoms with Crippen molar-refractivity contribution in [1.29, 1.82) is 0 Å². The summed E-state index contributed by atoms with van der Waals surface area (Å²) < 4.78 is 10.7. The number of hydrogen-bond acceptors (Lipinski definition) is 6. The summed E-state index contributed by atoms with van der Waals surface area (Å²) in [6.07, 6.45) is 0.110. The highest BCUT2D eigenvalue weighted by Crippen LogP contribution is 2.28. The van der Waals surface area contributed by atoms with Crippen LogP contribution < -0.4 is 15.7 Å². The molecule has 2 aromatic heterocycles. The Bertz CT molecular complexity index is 1500. The molecule has 0 aliphatic carbocycles. The van der Waals surface area contributed by atoms with Crippen LogP contribution in [0.15, 0.2) is 81.3 Å². The summed E-state index contributed by atoms with van der Waals surface area (Å²) in [5.74, 6) is 0.530. The maximum absolute atomic E-state index is 12.6. The molecule has 0 aliphatic rings. The standard InChI is InChI=1S/C25H18N2O4S/c1-30-17-9-7-16(8-10-17)26-23(28)13-24-27-21(14-32-24)20-12-19-18-5-3-2-4-15(18)6-11-22(19)31-25(20)29/h2-12,14H,13H2,1H3,(H,26,28). The maximum atomic E-state index is 12.6. The van der Waals surface area contributed by atoms with Crippen LogP contribution in [0, 0.1) is 0 Å². The molecule has 0 bridgehead atoms. The summed E-state index contributed by atoms with van der Waals surface area (Å²) in [6, 6.07) is 20.6. The van der Waals surface area contributed by atoms with Crippen molar-refractivity contribution in [1.82, 2.24) is 4.98 Å². The predicted octanol–water partition coefficient (Wildman–Crippen LogP) is 5.26. The first-order valence-corrected chi connectivity index (χ1v) is 10.8. The molecule has 1 N–H and O–H groups in total. The van der Waals surface area contributed by atoms with Crippen LogP contribution in [0.25, 0.3) is 33.0 Å². The van der Waals surface area contributed by atoms with Crippen molar-refractivity contribution in [2.45, 2.75) is 6.42 Å². The van der Waals surface area contributed by atoms with Crippen molar-refractivity contribution >= 4 is 44.7 Å². The molecule has 0 saturated carbocycles. The molecule has 0 atom stereocenters. The number of rotatable bonds is 5. The average molecular weight is 442 g/mol. The largest absolute Gasteiger partial charge is 0.497 e. The summed E-state index contributed by atoms with van der Waals surface area (Å²) in [4.78, 5) is 29.5. The first-order chi connectivity index (χ1) is 15.6. The quantitative estimate of drug-likeness (QED) is 0.297. The lowest BCUT2D eigenvalue weighted by Crippen LogP contribution is -2.14. The molecule has 0 radical (unpaired) electrons. The van der Waals surface area contributed by atoms with Gasteiger partial charge in [0.2, 0.25) is 5.91 Å². The molecule has 158 valence electrons. The molecule has 1 amide bonds. The van der Waals surface area contributed by atoms with Crippen molar-refractivity contribution in [2.24, 2.45) is 0 Å². The summed E-state index contributed by atoms with van der Waals surface area (Å²) >= 11 is 1.33. The van der Waals surface area contributed by atoms with E-state index < -0.39 is 5.63 Å².